The van der Waals surface area contributed by atoms with Gasteiger partial charge in [0, 0.05) is 33.8 Å². The van der Waals surface area contributed by atoms with E-state index in [1.54, 1.807) is 25.2 Å². The number of nitrogens with one attached hydrogen (secondary N) is 3. The van der Waals surface area contributed by atoms with Crippen LogP contribution in [0.25, 0.3) is 0 Å². The minimum absolute atomic E-state index is 0.244. The van der Waals surface area contributed by atoms with E-state index in [9.17, 15) is 8.42 Å². The van der Waals surface area contributed by atoms with Crippen LogP contribution >= 0.6 is 0 Å². The van der Waals surface area contributed by atoms with Gasteiger partial charge in [0.1, 0.15) is 0 Å². The van der Waals surface area contributed by atoms with Crippen molar-refractivity contribution in [3.05, 3.63) is 29.8 Å². The number of sulfonamides is 1. The molecule has 0 saturated heterocycles. The topological polar surface area (TPSA) is 91.8 Å². The summed E-state index contributed by atoms with van der Waals surface area (Å²) in [4.78, 5) is 4.42. The quantitative estimate of drug-likeness (QED) is 0.312. The molecule has 0 fully saturated rings. The van der Waals surface area contributed by atoms with Crippen molar-refractivity contribution in [3.63, 3.8) is 0 Å². The highest BCUT2D eigenvalue weighted by Crippen LogP contribution is 2.11. The zero-order valence-corrected chi connectivity index (χ0v) is 16.2. The van der Waals surface area contributed by atoms with Gasteiger partial charge in [0.15, 0.2) is 5.96 Å². The van der Waals surface area contributed by atoms with Gasteiger partial charge in [0.25, 0.3) is 0 Å². The Hall–Kier alpha value is -1.64. The van der Waals surface area contributed by atoms with Crippen LogP contribution in [0.1, 0.15) is 31.7 Å². The minimum atomic E-state index is -3.52. The smallest absolute Gasteiger partial charge is 0.240 e. The molecule has 7 nitrogen and oxygen atoms in total. The lowest BCUT2D eigenvalue weighted by atomic mass is 10.2. The maximum Gasteiger partial charge on any atom is 0.240 e. The first-order valence-electron chi connectivity index (χ1n) is 8.55. The Bertz CT molecular complexity index is 633. The molecule has 0 amide bonds. The third kappa shape index (κ3) is 8.33. The number of hydrogen-bond donors (Lipinski definition) is 3. The minimum Gasteiger partial charge on any atom is -0.383 e. The van der Waals surface area contributed by atoms with Gasteiger partial charge in [-0.2, -0.15) is 0 Å². The Balaban J connectivity index is 2.59. The highest BCUT2D eigenvalue weighted by molar-refractivity contribution is 7.89. The number of hydrogen-bond acceptors (Lipinski definition) is 4. The lowest BCUT2D eigenvalue weighted by molar-refractivity contribution is 0.204. The Morgan fingerprint density at radius 1 is 1.20 bits per heavy atom. The van der Waals surface area contributed by atoms with Gasteiger partial charge in [-0.1, -0.05) is 31.9 Å². The van der Waals surface area contributed by atoms with Gasteiger partial charge in [-0.05, 0) is 24.1 Å². The van der Waals surface area contributed by atoms with E-state index in [0.29, 0.717) is 19.1 Å². The molecular formula is C17H30N4O3S. The molecule has 1 aromatic rings. The number of unbranched alkanes of at least 4 members (excludes halogenated alkanes) is 2. The molecule has 0 saturated carbocycles. The molecule has 0 aliphatic carbocycles. The highest BCUT2D eigenvalue weighted by Gasteiger charge is 2.13. The number of ether oxygens (including phenoxy) is 1. The fourth-order valence-corrected chi connectivity index (χ4v) is 3.26. The lowest BCUT2D eigenvalue weighted by Crippen LogP contribution is -2.37. The average molecular weight is 371 g/mol. The zero-order valence-electron chi connectivity index (χ0n) is 15.3. The molecule has 3 N–H and O–H groups in total. The van der Waals surface area contributed by atoms with Crippen molar-refractivity contribution in [1.29, 1.82) is 0 Å². The van der Waals surface area contributed by atoms with E-state index in [1.807, 2.05) is 6.07 Å². The van der Waals surface area contributed by atoms with Crippen molar-refractivity contribution in [1.82, 2.24) is 15.4 Å². The summed E-state index contributed by atoms with van der Waals surface area (Å²) in [5.74, 6) is 0.711. The van der Waals surface area contributed by atoms with E-state index in [4.69, 9.17) is 4.74 Å². The van der Waals surface area contributed by atoms with E-state index >= 15 is 0 Å². The molecule has 8 heteroatoms. The standard InChI is InChI=1S/C17H30N4O3S/c1-4-5-6-10-19-17(18-2)20-14-15-8-7-9-16(13-15)25(22,23)21-11-12-24-3/h7-9,13,21H,4-6,10-12,14H2,1-3H3,(H2,18,19,20). The Labute approximate surface area is 151 Å². The van der Waals surface area contributed by atoms with Crippen LogP contribution in [0.5, 0.6) is 0 Å². The largest absolute Gasteiger partial charge is 0.383 e. The van der Waals surface area contributed by atoms with Crippen molar-refractivity contribution in [2.24, 2.45) is 4.99 Å². The summed E-state index contributed by atoms with van der Waals surface area (Å²) >= 11 is 0. The van der Waals surface area contributed by atoms with Gasteiger partial charge in [-0.15, -0.1) is 0 Å². The van der Waals surface area contributed by atoms with Crippen molar-refractivity contribution in [2.75, 3.05) is 33.9 Å². The van der Waals surface area contributed by atoms with Crippen LogP contribution < -0.4 is 15.4 Å². The number of nitrogens with zero attached hydrogens (tertiary/aromatic N) is 1. The second-order valence-corrected chi connectivity index (χ2v) is 7.36. The maximum absolute atomic E-state index is 12.2. The fraction of sp³-hybridized carbons (Fsp3) is 0.588. The highest BCUT2D eigenvalue weighted by atomic mass is 32.2. The number of rotatable bonds is 11. The van der Waals surface area contributed by atoms with E-state index in [2.05, 4.69) is 27.3 Å². The second-order valence-electron chi connectivity index (χ2n) is 5.60. The van der Waals surface area contributed by atoms with Crippen LogP contribution in [-0.2, 0) is 21.3 Å². The molecule has 142 valence electrons. The lowest BCUT2D eigenvalue weighted by Gasteiger charge is -2.12. The molecule has 0 spiro atoms. The first-order valence-corrected chi connectivity index (χ1v) is 10.0. The maximum atomic E-state index is 12.2. The summed E-state index contributed by atoms with van der Waals surface area (Å²) in [5.41, 5.74) is 0.867. The predicted molar refractivity (Wildman–Crippen MR) is 101 cm³/mol. The van der Waals surface area contributed by atoms with E-state index in [0.717, 1.165) is 18.5 Å². The Morgan fingerprint density at radius 2 is 2.00 bits per heavy atom. The molecule has 0 aliphatic rings. The molecule has 25 heavy (non-hydrogen) atoms. The monoisotopic (exact) mass is 370 g/mol. The van der Waals surface area contributed by atoms with Crippen LogP contribution in [0.3, 0.4) is 0 Å². The van der Waals surface area contributed by atoms with Crippen molar-refractivity contribution < 1.29 is 13.2 Å². The Morgan fingerprint density at radius 3 is 2.68 bits per heavy atom. The van der Waals surface area contributed by atoms with Crippen LogP contribution in [0.4, 0.5) is 0 Å². The van der Waals surface area contributed by atoms with Gasteiger partial charge in [-0.25, -0.2) is 13.1 Å². The molecule has 0 aromatic heterocycles. The molecule has 0 heterocycles. The molecule has 0 bridgehead atoms. The molecular weight excluding hydrogens is 340 g/mol. The molecule has 1 aromatic carbocycles. The van der Waals surface area contributed by atoms with Crippen molar-refractivity contribution in [2.45, 2.75) is 37.6 Å². The van der Waals surface area contributed by atoms with Gasteiger partial charge < -0.3 is 15.4 Å². The van der Waals surface area contributed by atoms with Crippen LogP contribution in [-0.4, -0.2) is 48.2 Å². The third-order valence-electron chi connectivity index (χ3n) is 3.56. The van der Waals surface area contributed by atoms with Crippen LogP contribution in [0.15, 0.2) is 34.2 Å². The second kappa shape index (κ2) is 11.8. The van der Waals surface area contributed by atoms with Crippen LogP contribution in [0.2, 0.25) is 0 Å². The van der Waals surface area contributed by atoms with Crippen molar-refractivity contribution in [3.8, 4) is 0 Å². The molecule has 0 atom stereocenters. The van der Waals surface area contributed by atoms with Crippen LogP contribution in [0, 0.1) is 0 Å². The molecule has 0 radical (unpaired) electrons. The van der Waals surface area contributed by atoms with E-state index in [1.165, 1.54) is 20.0 Å². The summed E-state index contributed by atoms with van der Waals surface area (Å²) in [6.07, 6.45) is 3.45. The average Bonchev–Trinajstić information content (AvgIpc) is 2.61. The first-order chi connectivity index (χ1) is 12.0. The Kier molecular flexibility index (Phi) is 10.1. The van der Waals surface area contributed by atoms with Crippen molar-refractivity contribution >= 4 is 16.0 Å². The fourth-order valence-electron chi connectivity index (χ4n) is 2.17. The summed E-state index contributed by atoms with van der Waals surface area (Å²) in [5, 5.41) is 6.45. The molecule has 1 rings (SSSR count). The first kappa shape index (κ1) is 21.4. The zero-order chi connectivity index (χ0) is 18.5. The number of guanidine groups is 1. The van der Waals surface area contributed by atoms with E-state index < -0.39 is 10.0 Å². The molecule has 0 unspecified atom stereocenters. The predicted octanol–water partition coefficient (Wildman–Crippen LogP) is 1.47. The number of aliphatic imine (C=N–C) groups is 1. The van der Waals surface area contributed by atoms with Gasteiger partial charge >= 0.3 is 0 Å². The van der Waals surface area contributed by atoms with Gasteiger partial charge in [0.2, 0.25) is 10.0 Å². The summed E-state index contributed by atoms with van der Waals surface area (Å²) in [7, 11) is -0.274. The molecule has 0 aliphatic heterocycles. The third-order valence-corrected chi connectivity index (χ3v) is 5.02. The SMILES string of the molecule is CCCCCNC(=NC)NCc1cccc(S(=O)(=O)NCCOC)c1. The van der Waals surface area contributed by atoms with Gasteiger partial charge in [-0.3, -0.25) is 4.99 Å². The van der Waals surface area contributed by atoms with Gasteiger partial charge in [0.05, 0.1) is 11.5 Å². The number of benzene rings is 1. The summed E-state index contributed by atoms with van der Waals surface area (Å²) in [6.45, 7) is 4.11. The normalized spacial score (nSPS) is 12.2. The van der Waals surface area contributed by atoms with E-state index in [-0.39, 0.29) is 11.4 Å². The summed E-state index contributed by atoms with van der Waals surface area (Å²) in [6, 6.07) is 6.85. The number of methoxy groups -OCH3 is 1. The summed E-state index contributed by atoms with van der Waals surface area (Å²) < 4.78 is 31.8.